The Labute approximate surface area is 143 Å². The minimum Gasteiger partial charge on any atom is -0.368 e. The van der Waals surface area contributed by atoms with E-state index in [-0.39, 0.29) is 35.1 Å². The van der Waals surface area contributed by atoms with E-state index in [1.54, 1.807) is 0 Å². The first-order chi connectivity index (χ1) is 10.3. The molecule has 3 atom stereocenters. The summed E-state index contributed by atoms with van der Waals surface area (Å²) in [4.78, 5) is 0. The zero-order chi connectivity index (χ0) is 17.9. The second-order valence-corrected chi connectivity index (χ2v) is 9.24. The molecule has 0 aromatic rings. The van der Waals surface area contributed by atoms with Crippen molar-refractivity contribution in [1.82, 2.24) is 5.32 Å². The fraction of sp³-hybridized carbons (Fsp3) is 0.895. The summed E-state index contributed by atoms with van der Waals surface area (Å²) in [6.45, 7) is 20.2. The van der Waals surface area contributed by atoms with Gasteiger partial charge in [0.25, 0.3) is 0 Å². The average molecular weight is 328 g/mol. The highest BCUT2D eigenvalue weighted by molar-refractivity contribution is 5.02. The third-order valence-electron chi connectivity index (χ3n) is 3.11. The smallest absolute Gasteiger partial charge is 0.115 e. The van der Waals surface area contributed by atoms with Gasteiger partial charge < -0.3 is 19.5 Å². The summed E-state index contributed by atoms with van der Waals surface area (Å²) in [7, 11) is 0. The van der Waals surface area contributed by atoms with Gasteiger partial charge >= 0.3 is 0 Å². The Bertz CT molecular complexity index is 385. The van der Waals surface area contributed by atoms with Crippen molar-refractivity contribution < 1.29 is 14.2 Å². The lowest BCUT2D eigenvalue weighted by atomic mass is 10.0. The number of hydrogen-bond donors (Lipinski definition) is 1. The molecule has 3 unspecified atom stereocenters. The second kappa shape index (κ2) is 7.64. The summed E-state index contributed by atoms with van der Waals surface area (Å²) in [5, 5.41) is 3.41. The molecule has 0 aromatic heterocycles. The van der Waals surface area contributed by atoms with Crippen LogP contribution in [0.2, 0.25) is 0 Å². The van der Waals surface area contributed by atoms with Crippen molar-refractivity contribution in [2.24, 2.45) is 0 Å². The topological polar surface area (TPSA) is 39.7 Å². The lowest BCUT2D eigenvalue weighted by molar-refractivity contribution is -0.207. The van der Waals surface area contributed by atoms with E-state index in [1.165, 1.54) is 0 Å². The number of nitrogens with one attached hydrogen (secondary N) is 1. The molecule has 4 nitrogen and oxygen atoms in total. The zero-order valence-electron chi connectivity index (χ0n) is 16.5. The van der Waals surface area contributed by atoms with Gasteiger partial charge in [0.15, 0.2) is 0 Å². The summed E-state index contributed by atoms with van der Waals surface area (Å²) in [5.41, 5.74) is -0.745. The quantitative estimate of drug-likeness (QED) is 0.802. The van der Waals surface area contributed by atoms with Crippen LogP contribution in [0.4, 0.5) is 0 Å². The van der Waals surface area contributed by atoms with Crippen molar-refractivity contribution in [2.75, 3.05) is 13.1 Å². The molecule has 1 aliphatic rings. The Balaban J connectivity index is 3.10. The van der Waals surface area contributed by atoms with Gasteiger partial charge in [0, 0.05) is 13.1 Å². The molecular weight excluding hydrogens is 290 g/mol. The van der Waals surface area contributed by atoms with Gasteiger partial charge in [0.05, 0.1) is 22.9 Å². The monoisotopic (exact) mass is 327 g/mol. The molecule has 1 rings (SSSR count). The van der Waals surface area contributed by atoms with Crippen LogP contribution in [0.3, 0.4) is 0 Å². The van der Waals surface area contributed by atoms with Crippen molar-refractivity contribution in [1.29, 1.82) is 0 Å². The first kappa shape index (κ1) is 20.6. The molecule has 0 bridgehead atoms. The summed E-state index contributed by atoms with van der Waals surface area (Å²) in [5.74, 6) is 0. The van der Waals surface area contributed by atoms with E-state index < -0.39 is 0 Å². The van der Waals surface area contributed by atoms with Crippen LogP contribution in [0.5, 0.6) is 0 Å². The standard InChI is InChI=1S/C19H37NO3/c1-17(2,3)21-14-11-10-12-20-13-15(22-18(4,5)6)16(14)23-19(7,8)9/h10-11,14-16,20H,12-13H2,1-9H3/b11-10-. The number of ether oxygens (including phenoxy) is 3. The predicted molar refractivity (Wildman–Crippen MR) is 95.9 cm³/mol. The maximum absolute atomic E-state index is 6.39. The van der Waals surface area contributed by atoms with Crippen molar-refractivity contribution in [3.63, 3.8) is 0 Å². The highest BCUT2D eigenvalue weighted by atomic mass is 16.6. The normalized spacial score (nSPS) is 29.0. The highest BCUT2D eigenvalue weighted by Gasteiger charge is 2.38. The van der Waals surface area contributed by atoms with Crippen LogP contribution in [-0.4, -0.2) is 48.2 Å². The Morgan fingerprint density at radius 3 is 1.78 bits per heavy atom. The summed E-state index contributed by atoms with van der Waals surface area (Å²) >= 11 is 0. The van der Waals surface area contributed by atoms with Crippen molar-refractivity contribution >= 4 is 0 Å². The van der Waals surface area contributed by atoms with Gasteiger partial charge in [-0.3, -0.25) is 0 Å². The highest BCUT2D eigenvalue weighted by Crippen LogP contribution is 2.27. The average Bonchev–Trinajstić information content (AvgIpc) is 2.27. The lowest BCUT2D eigenvalue weighted by Crippen LogP contribution is -2.53. The molecule has 23 heavy (non-hydrogen) atoms. The van der Waals surface area contributed by atoms with Gasteiger partial charge in [-0.15, -0.1) is 0 Å². The molecule has 0 spiro atoms. The molecular formula is C19H37NO3. The molecule has 1 heterocycles. The summed E-state index contributed by atoms with van der Waals surface area (Å²) in [6, 6.07) is 0. The van der Waals surface area contributed by atoms with Crippen LogP contribution in [0, 0.1) is 0 Å². The van der Waals surface area contributed by atoms with Crippen LogP contribution in [-0.2, 0) is 14.2 Å². The van der Waals surface area contributed by atoms with E-state index >= 15 is 0 Å². The van der Waals surface area contributed by atoms with Crippen molar-refractivity contribution in [2.45, 2.75) is 97.4 Å². The van der Waals surface area contributed by atoms with E-state index in [0.29, 0.717) is 0 Å². The Hall–Kier alpha value is -0.420. The van der Waals surface area contributed by atoms with Gasteiger partial charge in [0.1, 0.15) is 12.2 Å². The summed E-state index contributed by atoms with van der Waals surface area (Å²) in [6.07, 6.45) is 3.84. The van der Waals surface area contributed by atoms with Crippen LogP contribution >= 0.6 is 0 Å². The molecule has 1 N–H and O–H groups in total. The molecule has 0 aromatic carbocycles. The molecule has 136 valence electrons. The summed E-state index contributed by atoms with van der Waals surface area (Å²) < 4.78 is 19.0. The van der Waals surface area contributed by atoms with Gasteiger partial charge in [0.2, 0.25) is 0 Å². The largest absolute Gasteiger partial charge is 0.368 e. The first-order valence-corrected chi connectivity index (χ1v) is 8.68. The molecule has 0 saturated heterocycles. The van der Waals surface area contributed by atoms with Crippen LogP contribution in [0.15, 0.2) is 12.2 Å². The minimum absolute atomic E-state index is 0.0773. The van der Waals surface area contributed by atoms with E-state index in [0.717, 1.165) is 13.1 Å². The third kappa shape index (κ3) is 8.85. The Morgan fingerprint density at radius 1 is 0.783 bits per heavy atom. The van der Waals surface area contributed by atoms with Gasteiger partial charge in [-0.25, -0.2) is 0 Å². The fourth-order valence-corrected chi connectivity index (χ4v) is 2.58. The molecule has 0 fully saturated rings. The molecule has 0 radical (unpaired) electrons. The van der Waals surface area contributed by atoms with Crippen LogP contribution in [0.1, 0.15) is 62.3 Å². The van der Waals surface area contributed by atoms with Crippen molar-refractivity contribution in [3.05, 3.63) is 12.2 Å². The molecule has 4 heteroatoms. The first-order valence-electron chi connectivity index (χ1n) is 8.68. The van der Waals surface area contributed by atoms with Gasteiger partial charge in [-0.2, -0.15) is 0 Å². The van der Waals surface area contributed by atoms with Crippen molar-refractivity contribution in [3.8, 4) is 0 Å². The second-order valence-electron chi connectivity index (χ2n) is 9.24. The number of hydrogen-bond acceptors (Lipinski definition) is 4. The van der Waals surface area contributed by atoms with E-state index in [9.17, 15) is 0 Å². The molecule has 0 aliphatic carbocycles. The minimum atomic E-state index is -0.267. The maximum Gasteiger partial charge on any atom is 0.115 e. The Morgan fingerprint density at radius 2 is 1.30 bits per heavy atom. The van der Waals surface area contributed by atoms with E-state index in [2.05, 4.69) is 79.8 Å². The Kier molecular flexibility index (Phi) is 6.85. The van der Waals surface area contributed by atoms with E-state index in [1.807, 2.05) is 0 Å². The number of rotatable bonds is 3. The van der Waals surface area contributed by atoms with Gasteiger partial charge in [-0.05, 0) is 62.3 Å². The van der Waals surface area contributed by atoms with Crippen LogP contribution in [0.25, 0.3) is 0 Å². The maximum atomic E-state index is 6.39. The molecule has 0 saturated carbocycles. The van der Waals surface area contributed by atoms with E-state index in [4.69, 9.17) is 14.2 Å². The zero-order valence-corrected chi connectivity index (χ0v) is 16.5. The molecule has 1 aliphatic heterocycles. The van der Waals surface area contributed by atoms with Crippen LogP contribution < -0.4 is 5.32 Å². The predicted octanol–water partition coefficient (Wildman–Crippen LogP) is 3.70. The fourth-order valence-electron chi connectivity index (χ4n) is 2.58. The lowest BCUT2D eigenvalue weighted by Gasteiger charge is -2.42. The molecule has 0 amide bonds. The van der Waals surface area contributed by atoms with Gasteiger partial charge in [-0.1, -0.05) is 12.2 Å². The third-order valence-corrected chi connectivity index (χ3v) is 3.11. The SMILES string of the molecule is CC(C)(C)OC1/C=C\CNCC(OC(C)(C)C)C1OC(C)(C)C.